The average molecular weight is 406 g/mol. The molecule has 3 N–H and O–H groups in total. The first-order valence-electron chi connectivity index (χ1n) is 9.14. The lowest BCUT2D eigenvalue weighted by atomic mass is 9.95. The van der Waals surface area contributed by atoms with E-state index in [0.717, 1.165) is 50.3 Å². The van der Waals surface area contributed by atoms with Gasteiger partial charge >= 0.3 is 0 Å². The van der Waals surface area contributed by atoms with Gasteiger partial charge in [-0.1, -0.05) is 20.3 Å². The largest absolute Gasteiger partial charge is 0.492 e. The smallest absolute Gasteiger partial charge is 0.227 e. The molecule has 0 aliphatic heterocycles. The van der Waals surface area contributed by atoms with Crippen molar-refractivity contribution in [2.75, 3.05) is 38.1 Å². The van der Waals surface area contributed by atoms with Crippen LogP contribution in [0.5, 0.6) is 5.75 Å². The number of rotatable bonds is 9. The molecule has 0 unspecified atom stereocenters. The van der Waals surface area contributed by atoms with E-state index in [2.05, 4.69) is 24.1 Å². The normalized spacial score (nSPS) is 18.8. The molecule has 2 rings (SSSR count). The Balaban J connectivity index is 0.00000312. The van der Waals surface area contributed by atoms with Gasteiger partial charge in [-0.25, -0.2) is 0 Å². The fraction of sp³-hybridized carbons (Fsp3) is 0.632. The third kappa shape index (κ3) is 7.31. The number of ether oxygens (including phenoxy) is 1. The van der Waals surface area contributed by atoms with Crippen LogP contribution in [0, 0.1) is 11.8 Å². The molecule has 1 amide bonds. The molecule has 1 aromatic rings. The summed E-state index contributed by atoms with van der Waals surface area (Å²) in [6.45, 7) is 8.57. The summed E-state index contributed by atoms with van der Waals surface area (Å²) < 4.78 is 5.76. The van der Waals surface area contributed by atoms with E-state index in [0.29, 0.717) is 19.1 Å². The second-order valence-electron chi connectivity index (χ2n) is 6.42. The van der Waals surface area contributed by atoms with Crippen LogP contribution in [0.3, 0.4) is 0 Å². The minimum absolute atomic E-state index is 0. The van der Waals surface area contributed by atoms with Crippen LogP contribution >= 0.6 is 24.8 Å². The molecule has 150 valence electrons. The maximum Gasteiger partial charge on any atom is 0.227 e. The highest BCUT2D eigenvalue weighted by atomic mass is 35.5. The van der Waals surface area contributed by atoms with Crippen molar-refractivity contribution in [1.82, 2.24) is 4.90 Å². The number of likely N-dealkylation sites (N-methyl/N-ethyl adjacent to an activating group) is 1. The van der Waals surface area contributed by atoms with Gasteiger partial charge in [0.05, 0.1) is 0 Å². The molecule has 1 aromatic carbocycles. The maximum atomic E-state index is 12.4. The van der Waals surface area contributed by atoms with Gasteiger partial charge in [-0.05, 0) is 62.7 Å². The van der Waals surface area contributed by atoms with Gasteiger partial charge in [0.1, 0.15) is 12.4 Å². The molecule has 26 heavy (non-hydrogen) atoms. The van der Waals surface area contributed by atoms with E-state index < -0.39 is 0 Å². The molecule has 0 radical (unpaired) electrons. The summed E-state index contributed by atoms with van der Waals surface area (Å²) in [4.78, 5) is 14.7. The molecule has 0 spiro atoms. The molecule has 2 atom stereocenters. The van der Waals surface area contributed by atoms with Crippen LogP contribution in [0.1, 0.15) is 33.1 Å². The van der Waals surface area contributed by atoms with Gasteiger partial charge in [0, 0.05) is 18.2 Å². The van der Waals surface area contributed by atoms with E-state index in [9.17, 15) is 4.79 Å². The Labute approximate surface area is 169 Å². The van der Waals surface area contributed by atoms with E-state index in [1.807, 2.05) is 24.3 Å². The Morgan fingerprint density at radius 3 is 2.42 bits per heavy atom. The Kier molecular flexibility index (Phi) is 12.7. The highest BCUT2D eigenvalue weighted by Crippen LogP contribution is 2.32. The van der Waals surface area contributed by atoms with Gasteiger partial charge in [0.15, 0.2) is 0 Å². The zero-order valence-corrected chi connectivity index (χ0v) is 17.4. The number of nitrogens with two attached hydrogens (primary N) is 1. The SMILES string of the molecule is CCN(CC)CCOc1ccc(NC(=O)[C@@H]2CCC[C@@H]2CN)cc1.Cl.Cl. The number of nitrogens with one attached hydrogen (secondary N) is 1. The number of carbonyl (C=O) groups is 1. The zero-order valence-electron chi connectivity index (χ0n) is 15.8. The fourth-order valence-electron chi connectivity index (χ4n) is 3.37. The van der Waals surface area contributed by atoms with Gasteiger partial charge in [0.25, 0.3) is 0 Å². The van der Waals surface area contributed by atoms with E-state index in [1.165, 1.54) is 0 Å². The van der Waals surface area contributed by atoms with Crippen LogP contribution in [-0.4, -0.2) is 43.6 Å². The molecule has 1 fully saturated rings. The Morgan fingerprint density at radius 1 is 1.19 bits per heavy atom. The molecule has 0 heterocycles. The number of amides is 1. The minimum Gasteiger partial charge on any atom is -0.492 e. The highest BCUT2D eigenvalue weighted by molar-refractivity contribution is 5.93. The minimum atomic E-state index is 0. The monoisotopic (exact) mass is 405 g/mol. The maximum absolute atomic E-state index is 12.4. The van der Waals surface area contributed by atoms with E-state index in [1.54, 1.807) is 0 Å². The Hall–Kier alpha value is -1.01. The van der Waals surface area contributed by atoms with Crippen molar-refractivity contribution in [3.05, 3.63) is 24.3 Å². The van der Waals surface area contributed by atoms with Gasteiger partial charge in [0.2, 0.25) is 5.91 Å². The molecule has 1 aliphatic carbocycles. The molecule has 0 aromatic heterocycles. The van der Waals surface area contributed by atoms with Crippen molar-refractivity contribution in [1.29, 1.82) is 0 Å². The second kappa shape index (κ2) is 13.2. The average Bonchev–Trinajstić information content (AvgIpc) is 3.09. The summed E-state index contributed by atoms with van der Waals surface area (Å²) in [5.41, 5.74) is 6.58. The Morgan fingerprint density at radius 2 is 1.85 bits per heavy atom. The van der Waals surface area contributed by atoms with E-state index in [-0.39, 0.29) is 36.6 Å². The Bertz CT molecular complexity index is 510. The quantitative estimate of drug-likeness (QED) is 0.658. The molecular weight excluding hydrogens is 373 g/mol. The predicted molar refractivity (Wildman–Crippen MR) is 113 cm³/mol. The second-order valence-corrected chi connectivity index (χ2v) is 6.42. The number of anilines is 1. The first kappa shape index (κ1) is 25.0. The molecular formula is C19H33Cl2N3O2. The molecule has 0 saturated heterocycles. The number of halogens is 2. The van der Waals surface area contributed by atoms with Gasteiger partial charge in [-0.2, -0.15) is 0 Å². The molecule has 1 saturated carbocycles. The van der Waals surface area contributed by atoms with Crippen LogP contribution in [0.15, 0.2) is 24.3 Å². The van der Waals surface area contributed by atoms with Crippen LogP contribution in [0.4, 0.5) is 5.69 Å². The van der Waals surface area contributed by atoms with Crippen molar-refractivity contribution in [2.24, 2.45) is 17.6 Å². The van der Waals surface area contributed by atoms with Gasteiger partial charge in [-0.3, -0.25) is 4.79 Å². The van der Waals surface area contributed by atoms with E-state index in [4.69, 9.17) is 10.5 Å². The third-order valence-corrected chi connectivity index (χ3v) is 4.99. The number of carbonyl (C=O) groups excluding carboxylic acids is 1. The summed E-state index contributed by atoms with van der Waals surface area (Å²) in [5, 5.41) is 3.01. The standard InChI is InChI=1S/C19H31N3O2.2ClH/c1-3-22(4-2)12-13-24-17-10-8-16(9-11-17)21-19(23)18-7-5-6-15(18)14-20;;/h8-11,15,18H,3-7,12-14,20H2,1-2H3,(H,21,23);2*1H/t15-,18-;;/m1../s1. The van der Waals surface area contributed by atoms with Crippen molar-refractivity contribution < 1.29 is 9.53 Å². The molecule has 7 heteroatoms. The van der Waals surface area contributed by atoms with Crippen molar-refractivity contribution >= 4 is 36.4 Å². The van der Waals surface area contributed by atoms with Crippen molar-refractivity contribution in [3.63, 3.8) is 0 Å². The van der Waals surface area contributed by atoms with Gasteiger partial charge < -0.3 is 20.7 Å². The van der Waals surface area contributed by atoms with Gasteiger partial charge in [-0.15, -0.1) is 24.8 Å². The topological polar surface area (TPSA) is 67.6 Å². The summed E-state index contributed by atoms with van der Waals surface area (Å²) >= 11 is 0. The molecule has 5 nitrogen and oxygen atoms in total. The van der Waals surface area contributed by atoms with Crippen molar-refractivity contribution in [2.45, 2.75) is 33.1 Å². The van der Waals surface area contributed by atoms with Crippen LogP contribution < -0.4 is 15.8 Å². The summed E-state index contributed by atoms with van der Waals surface area (Å²) in [6.07, 6.45) is 3.10. The van der Waals surface area contributed by atoms with Crippen LogP contribution in [-0.2, 0) is 4.79 Å². The summed E-state index contributed by atoms with van der Waals surface area (Å²) in [7, 11) is 0. The third-order valence-electron chi connectivity index (χ3n) is 4.99. The van der Waals surface area contributed by atoms with Crippen LogP contribution in [0.2, 0.25) is 0 Å². The van der Waals surface area contributed by atoms with Crippen molar-refractivity contribution in [3.8, 4) is 5.75 Å². The summed E-state index contributed by atoms with van der Waals surface area (Å²) in [6, 6.07) is 7.62. The summed E-state index contributed by atoms with van der Waals surface area (Å²) in [5.74, 6) is 1.31. The fourth-order valence-corrected chi connectivity index (χ4v) is 3.37. The van der Waals surface area contributed by atoms with Crippen LogP contribution in [0.25, 0.3) is 0 Å². The highest BCUT2D eigenvalue weighted by Gasteiger charge is 2.31. The molecule has 0 bridgehead atoms. The molecule has 1 aliphatic rings. The zero-order chi connectivity index (χ0) is 17.4. The number of hydrogen-bond acceptors (Lipinski definition) is 4. The first-order chi connectivity index (χ1) is 11.7. The first-order valence-corrected chi connectivity index (χ1v) is 9.14. The lowest BCUT2D eigenvalue weighted by Crippen LogP contribution is -2.29. The lowest BCUT2D eigenvalue weighted by molar-refractivity contribution is -0.120. The number of nitrogens with zero attached hydrogens (tertiary/aromatic N) is 1. The van der Waals surface area contributed by atoms with E-state index >= 15 is 0 Å². The lowest BCUT2D eigenvalue weighted by Gasteiger charge is -2.18. The predicted octanol–water partition coefficient (Wildman–Crippen LogP) is 3.56. The number of benzene rings is 1. The number of hydrogen-bond donors (Lipinski definition) is 2.